The molecule has 2 fully saturated rings. The Morgan fingerprint density at radius 1 is 1.21 bits per heavy atom. The zero-order chi connectivity index (χ0) is 13.7. The molecule has 6 heteroatoms. The monoisotopic (exact) mass is 271 g/mol. The van der Waals surface area contributed by atoms with Gasteiger partial charge in [-0.05, 0) is 32.1 Å². The van der Waals surface area contributed by atoms with Crippen molar-refractivity contribution < 1.29 is 24.2 Å². The maximum Gasteiger partial charge on any atom is 0.329 e. The van der Waals surface area contributed by atoms with Gasteiger partial charge in [0.25, 0.3) is 0 Å². The summed E-state index contributed by atoms with van der Waals surface area (Å²) < 4.78 is 10.6. The minimum absolute atomic E-state index is 0.127. The maximum absolute atomic E-state index is 12.0. The van der Waals surface area contributed by atoms with Crippen LogP contribution >= 0.6 is 0 Å². The molecule has 0 aliphatic carbocycles. The van der Waals surface area contributed by atoms with E-state index in [9.17, 15) is 9.59 Å². The third-order valence-corrected chi connectivity index (χ3v) is 3.71. The van der Waals surface area contributed by atoms with Gasteiger partial charge in [-0.2, -0.15) is 0 Å². The molecule has 2 heterocycles. The fourth-order valence-corrected chi connectivity index (χ4v) is 2.87. The second-order valence-corrected chi connectivity index (χ2v) is 5.09. The van der Waals surface area contributed by atoms with E-state index < -0.39 is 12.6 Å². The number of hydrogen-bond donors (Lipinski definition) is 1. The average Bonchev–Trinajstić information content (AvgIpc) is 2.88. The summed E-state index contributed by atoms with van der Waals surface area (Å²) in [5, 5.41) is 8.48. The molecule has 0 radical (unpaired) electrons. The Balaban J connectivity index is 1.83. The van der Waals surface area contributed by atoms with E-state index in [1.54, 1.807) is 4.90 Å². The zero-order valence-electron chi connectivity index (χ0n) is 11.0. The zero-order valence-corrected chi connectivity index (χ0v) is 11.0. The van der Waals surface area contributed by atoms with Gasteiger partial charge in [0.1, 0.15) is 13.2 Å². The predicted molar refractivity (Wildman–Crippen MR) is 66.8 cm³/mol. The van der Waals surface area contributed by atoms with Gasteiger partial charge in [0.05, 0.1) is 12.1 Å². The van der Waals surface area contributed by atoms with Crippen LogP contribution in [0.3, 0.4) is 0 Å². The van der Waals surface area contributed by atoms with Crippen LogP contribution in [0.4, 0.5) is 0 Å². The van der Waals surface area contributed by atoms with Crippen molar-refractivity contribution in [2.75, 3.05) is 26.4 Å². The van der Waals surface area contributed by atoms with E-state index in [2.05, 4.69) is 0 Å². The van der Waals surface area contributed by atoms with Crippen LogP contribution in [0.2, 0.25) is 0 Å². The summed E-state index contributed by atoms with van der Waals surface area (Å²) in [5.41, 5.74) is 0. The first-order valence-corrected chi connectivity index (χ1v) is 6.89. The lowest BCUT2D eigenvalue weighted by atomic mass is 10.00. The summed E-state index contributed by atoms with van der Waals surface area (Å²) in [6, 6.07) is 0.140. The molecule has 1 amide bonds. The van der Waals surface area contributed by atoms with E-state index in [-0.39, 0.29) is 24.7 Å². The Hall–Kier alpha value is -1.14. The highest BCUT2D eigenvalue weighted by molar-refractivity contribution is 5.78. The molecule has 2 atom stereocenters. The minimum Gasteiger partial charge on any atom is -0.480 e. The summed E-state index contributed by atoms with van der Waals surface area (Å²) >= 11 is 0. The van der Waals surface area contributed by atoms with Crippen LogP contribution in [0, 0.1) is 0 Å². The molecule has 2 unspecified atom stereocenters. The van der Waals surface area contributed by atoms with E-state index in [4.69, 9.17) is 14.6 Å². The van der Waals surface area contributed by atoms with Gasteiger partial charge in [-0.3, -0.25) is 4.79 Å². The number of carbonyl (C=O) groups is 2. The van der Waals surface area contributed by atoms with Crippen LogP contribution in [0.25, 0.3) is 0 Å². The van der Waals surface area contributed by atoms with Gasteiger partial charge >= 0.3 is 5.97 Å². The third kappa shape index (κ3) is 3.91. The molecule has 108 valence electrons. The lowest BCUT2D eigenvalue weighted by molar-refractivity contribution is -0.147. The fourth-order valence-electron chi connectivity index (χ4n) is 2.87. The Bertz CT molecular complexity index is 327. The molecular formula is C13H21NO5. The Labute approximate surface area is 112 Å². The molecule has 0 bridgehead atoms. The molecule has 2 aliphatic rings. The Morgan fingerprint density at radius 2 is 2.05 bits per heavy atom. The number of carboxylic acids is 1. The van der Waals surface area contributed by atoms with Crippen molar-refractivity contribution in [2.24, 2.45) is 0 Å². The van der Waals surface area contributed by atoms with E-state index >= 15 is 0 Å². The van der Waals surface area contributed by atoms with Gasteiger partial charge in [-0.15, -0.1) is 0 Å². The summed E-state index contributed by atoms with van der Waals surface area (Å²) in [7, 11) is 0. The van der Waals surface area contributed by atoms with Crippen molar-refractivity contribution in [3.8, 4) is 0 Å². The highest BCUT2D eigenvalue weighted by Gasteiger charge is 2.35. The fraction of sp³-hybridized carbons (Fsp3) is 0.846. The second-order valence-electron chi connectivity index (χ2n) is 5.09. The number of amides is 1. The van der Waals surface area contributed by atoms with Crippen LogP contribution < -0.4 is 0 Å². The normalized spacial score (nSPS) is 27.5. The first-order chi connectivity index (χ1) is 9.18. The van der Waals surface area contributed by atoms with E-state index in [1.165, 1.54) is 0 Å². The van der Waals surface area contributed by atoms with E-state index in [1.807, 2.05) is 0 Å². The van der Waals surface area contributed by atoms with Gasteiger partial charge in [-0.25, -0.2) is 4.79 Å². The Kier molecular flexibility index (Phi) is 5.15. The summed E-state index contributed by atoms with van der Waals surface area (Å²) in [4.78, 5) is 24.2. The van der Waals surface area contributed by atoms with Crippen molar-refractivity contribution in [1.29, 1.82) is 0 Å². The lowest BCUT2D eigenvalue weighted by Gasteiger charge is -2.34. The largest absolute Gasteiger partial charge is 0.480 e. The predicted octanol–water partition coefficient (Wildman–Crippen LogP) is 0.648. The van der Waals surface area contributed by atoms with Crippen LogP contribution in [-0.4, -0.2) is 60.4 Å². The molecule has 19 heavy (non-hydrogen) atoms. The topological polar surface area (TPSA) is 76.1 Å². The molecule has 0 spiro atoms. The molecule has 0 saturated carbocycles. The molecule has 6 nitrogen and oxygen atoms in total. The summed E-state index contributed by atoms with van der Waals surface area (Å²) in [5.74, 6) is -1.18. The number of aliphatic carboxylic acids is 1. The molecule has 0 aromatic rings. The van der Waals surface area contributed by atoms with Crippen molar-refractivity contribution in [1.82, 2.24) is 4.90 Å². The van der Waals surface area contributed by atoms with Gasteiger partial charge in [-0.1, -0.05) is 0 Å². The molecule has 1 N–H and O–H groups in total. The lowest BCUT2D eigenvalue weighted by Crippen LogP contribution is -2.46. The smallest absolute Gasteiger partial charge is 0.329 e. The molecule has 2 saturated heterocycles. The van der Waals surface area contributed by atoms with Crippen LogP contribution in [0.1, 0.15) is 32.1 Å². The van der Waals surface area contributed by atoms with Crippen molar-refractivity contribution in [3.05, 3.63) is 0 Å². The highest BCUT2D eigenvalue weighted by Crippen LogP contribution is 2.27. The average molecular weight is 271 g/mol. The molecule has 2 rings (SSSR count). The third-order valence-electron chi connectivity index (χ3n) is 3.71. The highest BCUT2D eigenvalue weighted by atomic mass is 16.5. The summed E-state index contributed by atoms with van der Waals surface area (Å²) in [6.07, 6.45) is 5.34. The number of rotatable bonds is 5. The minimum atomic E-state index is -1.05. The van der Waals surface area contributed by atoms with Gasteiger partial charge in [0.15, 0.2) is 0 Å². The quantitative estimate of drug-likeness (QED) is 0.794. The molecule has 2 aliphatic heterocycles. The van der Waals surface area contributed by atoms with Crippen molar-refractivity contribution in [2.45, 2.75) is 44.2 Å². The molecule has 0 aromatic carbocycles. The molecule has 0 aromatic heterocycles. The van der Waals surface area contributed by atoms with E-state index in [0.29, 0.717) is 0 Å². The van der Waals surface area contributed by atoms with Gasteiger partial charge in [0, 0.05) is 13.2 Å². The molecular weight excluding hydrogens is 250 g/mol. The van der Waals surface area contributed by atoms with Gasteiger partial charge < -0.3 is 19.5 Å². The number of nitrogens with zero attached hydrogens (tertiary/aromatic N) is 1. The first kappa shape index (κ1) is 14.3. The van der Waals surface area contributed by atoms with Gasteiger partial charge in [0.2, 0.25) is 5.91 Å². The van der Waals surface area contributed by atoms with Crippen LogP contribution in [0.15, 0.2) is 0 Å². The SMILES string of the molecule is O=C(O)COCC(=O)N1CCCC1C1CCCCO1. The van der Waals surface area contributed by atoms with Crippen molar-refractivity contribution in [3.63, 3.8) is 0 Å². The maximum atomic E-state index is 12.0. The van der Waals surface area contributed by atoms with Crippen molar-refractivity contribution >= 4 is 11.9 Å². The van der Waals surface area contributed by atoms with Crippen LogP contribution in [-0.2, 0) is 19.1 Å². The summed E-state index contributed by atoms with van der Waals surface area (Å²) in [6.45, 7) is 0.915. The second kappa shape index (κ2) is 6.86. The van der Waals surface area contributed by atoms with E-state index in [0.717, 1.165) is 45.3 Å². The number of likely N-dealkylation sites (tertiary alicyclic amines) is 1. The standard InChI is InChI=1S/C13H21NO5/c15-12(8-18-9-13(16)17)14-6-3-4-10(14)11-5-1-2-7-19-11/h10-11H,1-9H2,(H,16,17). The Morgan fingerprint density at radius 3 is 2.74 bits per heavy atom. The number of ether oxygens (including phenoxy) is 2. The number of carbonyl (C=O) groups excluding carboxylic acids is 1. The first-order valence-electron chi connectivity index (χ1n) is 6.89. The van der Waals surface area contributed by atoms with Crippen LogP contribution in [0.5, 0.6) is 0 Å². The number of carboxylic acid groups (broad SMARTS) is 1. The number of hydrogen-bond acceptors (Lipinski definition) is 4.